The topological polar surface area (TPSA) is 66.0 Å². The molecule has 0 aliphatic carbocycles. The quantitative estimate of drug-likeness (QED) is 0.0461. The van der Waals surface area contributed by atoms with Crippen LogP contribution in [0.2, 0.25) is 0 Å². The molecule has 5 rings (SSSR count). The number of unbranched alkanes of at least 4 members (excludes halogenated alkanes) is 10. The minimum Gasteiger partial charge on any atom is -0.493 e. The molecule has 0 bridgehead atoms. The van der Waals surface area contributed by atoms with Gasteiger partial charge in [-0.3, -0.25) is 0 Å². The van der Waals surface area contributed by atoms with E-state index >= 15 is 0 Å². The number of nitrogens with zero attached hydrogens (tertiary/aromatic N) is 2. The SMILES string of the molecule is CCCCCCCCOc1cc(C=Cc2ccc(C=Cc3ccccc3C#N)cc2)c(OCCCCCCCC)cc1C=Cc1ccc(C=Cc2ccccc2C#N)cc1. The lowest BCUT2D eigenvalue weighted by Crippen LogP contribution is -2.03. The number of ether oxygens (including phenoxy) is 2. The summed E-state index contributed by atoms with van der Waals surface area (Å²) >= 11 is 0. The number of rotatable bonds is 24. The highest BCUT2D eigenvalue weighted by Gasteiger charge is 2.11. The fourth-order valence-corrected chi connectivity index (χ4v) is 6.90. The molecule has 4 heteroatoms. The Hall–Kier alpha value is -6.36. The van der Waals surface area contributed by atoms with E-state index in [0.717, 1.165) is 81.7 Å². The van der Waals surface area contributed by atoms with Gasteiger partial charge < -0.3 is 9.47 Å². The number of nitriles is 2. The van der Waals surface area contributed by atoms with Gasteiger partial charge >= 0.3 is 0 Å². The van der Waals surface area contributed by atoms with Crippen LogP contribution in [0.15, 0.2) is 109 Å². The van der Waals surface area contributed by atoms with Crippen LogP contribution in [-0.2, 0) is 0 Å². The Labute approximate surface area is 359 Å². The van der Waals surface area contributed by atoms with Gasteiger partial charge in [-0.2, -0.15) is 10.5 Å². The van der Waals surface area contributed by atoms with Crippen molar-refractivity contribution in [1.82, 2.24) is 0 Å². The third kappa shape index (κ3) is 15.1. The van der Waals surface area contributed by atoms with Gasteiger partial charge in [-0.1, -0.05) is 212 Å². The molecule has 0 saturated heterocycles. The first-order valence-corrected chi connectivity index (χ1v) is 21.9. The molecule has 0 atom stereocenters. The van der Waals surface area contributed by atoms with Crippen LogP contribution in [0.4, 0.5) is 0 Å². The van der Waals surface area contributed by atoms with Crippen molar-refractivity contribution in [2.45, 2.75) is 90.9 Å². The van der Waals surface area contributed by atoms with E-state index in [1.807, 2.05) is 72.8 Å². The van der Waals surface area contributed by atoms with Gasteiger partial charge in [0.1, 0.15) is 11.5 Å². The maximum atomic E-state index is 9.46. The van der Waals surface area contributed by atoms with E-state index in [0.29, 0.717) is 24.3 Å². The summed E-state index contributed by atoms with van der Waals surface area (Å²) in [5, 5.41) is 18.9. The van der Waals surface area contributed by atoms with E-state index in [2.05, 4.69) is 111 Å². The number of hydrogen-bond acceptors (Lipinski definition) is 4. The Morgan fingerprint density at radius 1 is 0.383 bits per heavy atom. The summed E-state index contributed by atoms with van der Waals surface area (Å²) in [6.45, 7) is 5.83. The Morgan fingerprint density at radius 3 is 1.05 bits per heavy atom. The number of benzene rings is 5. The Bertz CT molecular complexity index is 2100. The molecule has 60 heavy (non-hydrogen) atoms. The molecule has 0 radical (unpaired) electrons. The second-order valence-electron chi connectivity index (χ2n) is 15.2. The summed E-state index contributed by atoms with van der Waals surface area (Å²) in [5.41, 5.74) is 9.42. The molecule has 0 fully saturated rings. The fraction of sp³-hybridized carbons (Fsp3) is 0.286. The summed E-state index contributed by atoms with van der Waals surface area (Å²) in [6, 6.07) is 40.9. The standard InChI is InChI=1S/C56H60N2O2/c1-3-5-7-9-11-17-39-59-55-41-52(38-34-48-29-25-46(26-30-48)32-36-50-20-14-16-22-54(50)44-58)56(60-40-18-12-10-8-6-4-2)42-51(55)37-33-47-27-23-45(24-28-47)31-35-49-19-13-15-21-53(49)43-57/h13-16,19-38,41-42H,3-12,17-18,39-40H2,1-2H3. The second kappa shape index (κ2) is 25.9. The van der Waals surface area contributed by atoms with Crippen molar-refractivity contribution in [3.63, 3.8) is 0 Å². The molecule has 306 valence electrons. The second-order valence-corrected chi connectivity index (χ2v) is 15.2. The maximum Gasteiger partial charge on any atom is 0.127 e. The van der Waals surface area contributed by atoms with E-state index in [9.17, 15) is 10.5 Å². The van der Waals surface area contributed by atoms with Crippen molar-refractivity contribution < 1.29 is 9.47 Å². The van der Waals surface area contributed by atoms with Gasteiger partial charge in [0.25, 0.3) is 0 Å². The van der Waals surface area contributed by atoms with E-state index in [-0.39, 0.29) is 0 Å². The van der Waals surface area contributed by atoms with Crippen molar-refractivity contribution in [2.75, 3.05) is 13.2 Å². The molecule has 0 unspecified atom stereocenters. The molecule has 0 aromatic heterocycles. The summed E-state index contributed by atoms with van der Waals surface area (Å²) in [7, 11) is 0. The highest BCUT2D eigenvalue weighted by molar-refractivity contribution is 5.80. The Kier molecular flexibility index (Phi) is 19.3. The van der Waals surface area contributed by atoms with E-state index in [1.54, 1.807) is 0 Å². The van der Waals surface area contributed by atoms with Gasteiger partial charge in [-0.05, 0) is 70.5 Å². The zero-order valence-electron chi connectivity index (χ0n) is 35.6. The predicted octanol–water partition coefficient (Wildman–Crippen LogP) is 15.6. The highest BCUT2D eigenvalue weighted by atomic mass is 16.5. The lowest BCUT2D eigenvalue weighted by atomic mass is 10.0. The smallest absolute Gasteiger partial charge is 0.127 e. The molecule has 0 heterocycles. The average molecular weight is 793 g/mol. The minimum absolute atomic E-state index is 0.665. The van der Waals surface area contributed by atoms with Crippen LogP contribution >= 0.6 is 0 Å². The predicted molar refractivity (Wildman–Crippen MR) is 255 cm³/mol. The van der Waals surface area contributed by atoms with Crippen molar-refractivity contribution in [2.24, 2.45) is 0 Å². The zero-order chi connectivity index (χ0) is 42.0. The first-order valence-electron chi connectivity index (χ1n) is 21.9. The van der Waals surface area contributed by atoms with E-state index in [4.69, 9.17) is 9.47 Å². The summed E-state index contributed by atoms with van der Waals surface area (Å²) in [5.74, 6) is 1.69. The molecule has 5 aromatic carbocycles. The molecule has 0 aliphatic rings. The van der Waals surface area contributed by atoms with Crippen LogP contribution < -0.4 is 9.47 Å². The zero-order valence-corrected chi connectivity index (χ0v) is 35.6. The Balaban J connectivity index is 1.38. The normalized spacial score (nSPS) is 11.5. The summed E-state index contributed by atoms with van der Waals surface area (Å²) in [4.78, 5) is 0. The monoisotopic (exact) mass is 792 g/mol. The first kappa shape index (κ1) is 44.7. The van der Waals surface area contributed by atoms with Gasteiger partial charge in [-0.15, -0.1) is 0 Å². The molecule has 0 spiro atoms. The van der Waals surface area contributed by atoms with Gasteiger partial charge in [0.05, 0.1) is 36.5 Å². The third-order valence-electron chi connectivity index (χ3n) is 10.5. The largest absolute Gasteiger partial charge is 0.493 e. The van der Waals surface area contributed by atoms with Gasteiger partial charge in [-0.25, -0.2) is 0 Å². The van der Waals surface area contributed by atoms with Crippen molar-refractivity contribution in [3.8, 4) is 23.6 Å². The van der Waals surface area contributed by atoms with Gasteiger partial charge in [0, 0.05) is 11.1 Å². The molecule has 0 amide bonds. The molecule has 0 saturated carbocycles. The third-order valence-corrected chi connectivity index (χ3v) is 10.5. The van der Waals surface area contributed by atoms with Crippen LogP contribution in [-0.4, -0.2) is 13.2 Å². The maximum absolute atomic E-state index is 9.46. The minimum atomic E-state index is 0.665. The Morgan fingerprint density at radius 2 is 0.700 bits per heavy atom. The fourth-order valence-electron chi connectivity index (χ4n) is 6.90. The summed E-state index contributed by atoms with van der Waals surface area (Å²) < 4.78 is 13.1. The van der Waals surface area contributed by atoms with Gasteiger partial charge in [0.2, 0.25) is 0 Å². The number of hydrogen-bond donors (Lipinski definition) is 0. The summed E-state index contributed by atoms with van der Waals surface area (Å²) in [6.07, 6.45) is 31.1. The molecule has 5 aromatic rings. The van der Waals surface area contributed by atoms with Crippen LogP contribution in [0, 0.1) is 22.7 Å². The molecular weight excluding hydrogens is 733 g/mol. The molecule has 4 nitrogen and oxygen atoms in total. The van der Waals surface area contributed by atoms with Crippen molar-refractivity contribution in [3.05, 3.63) is 165 Å². The van der Waals surface area contributed by atoms with E-state index < -0.39 is 0 Å². The van der Waals surface area contributed by atoms with Crippen molar-refractivity contribution >= 4 is 48.6 Å². The molecular formula is C56H60N2O2. The molecule has 0 N–H and O–H groups in total. The van der Waals surface area contributed by atoms with Crippen LogP contribution in [0.25, 0.3) is 48.6 Å². The van der Waals surface area contributed by atoms with Crippen molar-refractivity contribution in [1.29, 1.82) is 10.5 Å². The first-order chi connectivity index (χ1) is 29.6. The average Bonchev–Trinajstić information content (AvgIpc) is 3.29. The van der Waals surface area contributed by atoms with Crippen LogP contribution in [0.5, 0.6) is 11.5 Å². The van der Waals surface area contributed by atoms with Crippen LogP contribution in [0.1, 0.15) is 147 Å². The lowest BCUT2D eigenvalue weighted by Gasteiger charge is -2.15. The highest BCUT2D eigenvalue weighted by Crippen LogP contribution is 2.33. The lowest BCUT2D eigenvalue weighted by molar-refractivity contribution is 0.295. The van der Waals surface area contributed by atoms with Gasteiger partial charge in [0.15, 0.2) is 0 Å². The van der Waals surface area contributed by atoms with E-state index in [1.165, 1.54) is 51.4 Å². The molecule has 0 aliphatic heterocycles. The van der Waals surface area contributed by atoms with Crippen LogP contribution in [0.3, 0.4) is 0 Å².